The molecule has 0 spiro atoms. The van der Waals surface area contributed by atoms with Gasteiger partial charge in [-0.1, -0.05) is 170 Å². The fourth-order valence-corrected chi connectivity index (χ4v) is 16.4. The number of benzene rings is 8. The summed E-state index contributed by atoms with van der Waals surface area (Å²) in [5.74, 6) is 0. The van der Waals surface area contributed by atoms with Gasteiger partial charge in [-0.2, -0.15) is 0 Å². The molecule has 0 amide bonds. The lowest BCUT2D eigenvalue weighted by Gasteiger charge is -2.48. The summed E-state index contributed by atoms with van der Waals surface area (Å²) in [6, 6.07) is 52.1. The molecule has 0 fully saturated rings. The molecule has 380 valence electrons. The van der Waals surface area contributed by atoms with E-state index in [0.717, 1.165) is 0 Å². The van der Waals surface area contributed by atoms with E-state index in [0.29, 0.717) is 0 Å². The monoisotopic (exact) mass is 991 g/mol. The molecule has 8 aromatic carbocycles. The van der Waals surface area contributed by atoms with E-state index < -0.39 is 0 Å². The average molecular weight is 991 g/mol. The number of hydrogen-bond donors (Lipinski definition) is 0. The highest BCUT2D eigenvalue weighted by molar-refractivity contribution is 6.93. The summed E-state index contributed by atoms with van der Waals surface area (Å²) < 4.78 is 2.78. The minimum absolute atomic E-state index is 0.0314. The molecule has 76 heavy (non-hydrogen) atoms. The summed E-state index contributed by atoms with van der Waals surface area (Å²) >= 11 is 0. The van der Waals surface area contributed by atoms with Crippen molar-refractivity contribution in [3.05, 3.63) is 172 Å². The van der Waals surface area contributed by atoms with Gasteiger partial charge in [0.1, 0.15) is 0 Å². The van der Waals surface area contributed by atoms with E-state index in [1.54, 1.807) is 0 Å². The van der Waals surface area contributed by atoms with Crippen LogP contribution < -0.4 is 15.7 Å². The Morgan fingerprint density at radius 3 is 1.57 bits per heavy atom. The largest absolute Gasteiger partial charge is 0.376 e. The van der Waals surface area contributed by atoms with Crippen molar-refractivity contribution in [1.29, 1.82) is 0 Å². The van der Waals surface area contributed by atoms with Gasteiger partial charge in [-0.3, -0.25) is 0 Å². The Kier molecular flexibility index (Phi) is 9.03. The Bertz CT molecular complexity index is 4110. The summed E-state index contributed by atoms with van der Waals surface area (Å²) in [5, 5.41) is 5.27. The summed E-state index contributed by atoms with van der Waals surface area (Å²) in [7, 11) is 0. The molecule has 3 heteroatoms. The van der Waals surface area contributed by atoms with Crippen LogP contribution in [0.5, 0.6) is 0 Å². The molecule has 0 radical (unpaired) electrons. The molecule has 2 aliphatic heterocycles. The molecule has 2 nitrogen and oxygen atoms in total. The van der Waals surface area contributed by atoms with Crippen LogP contribution in [0.2, 0.25) is 0 Å². The van der Waals surface area contributed by atoms with Crippen LogP contribution >= 0.6 is 0 Å². The van der Waals surface area contributed by atoms with Gasteiger partial charge in [0.25, 0.3) is 0 Å². The third-order valence-corrected chi connectivity index (χ3v) is 21.5. The first-order chi connectivity index (χ1) is 35.9. The SMILES string of the molecule is CC1(C)CCC(C)(C)c2cc(N3B4c5cc6c(cc5-n5c7cc8ccccc8cc7c7c(-c8ccc9c(c8)-c8ccccc8C9(C)C)cc(c4c75)-c4cc5c(cc43)C(C)(C)CCC5(C)C)C(C)(C)CCC6(C)C)ccc21. The van der Waals surface area contributed by atoms with Gasteiger partial charge in [-0.15, -0.1) is 0 Å². The second-order valence-corrected chi connectivity index (χ2v) is 29.3. The lowest BCUT2D eigenvalue weighted by atomic mass is 9.43. The molecule has 0 bridgehead atoms. The maximum Gasteiger partial charge on any atom is 0.333 e. The topological polar surface area (TPSA) is 8.17 Å². The molecule has 9 aromatic rings. The minimum atomic E-state index is -0.0759. The van der Waals surface area contributed by atoms with E-state index >= 15 is 0 Å². The summed E-state index contributed by atoms with van der Waals surface area (Å²) in [6.45, 7) is 34.8. The van der Waals surface area contributed by atoms with Crippen molar-refractivity contribution in [2.45, 2.75) is 173 Å². The molecule has 0 saturated carbocycles. The Labute approximate surface area is 453 Å². The molecule has 0 saturated heterocycles. The summed E-state index contributed by atoms with van der Waals surface area (Å²) in [6.07, 6.45) is 7.06. The minimum Gasteiger partial charge on any atom is -0.376 e. The number of aromatic nitrogens is 1. The van der Waals surface area contributed by atoms with Crippen molar-refractivity contribution in [2.24, 2.45) is 0 Å². The van der Waals surface area contributed by atoms with Crippen LogP contribution in [0.4, 0.5) is 11.4 Å². The molecule has 6 aliphatic rings. The predicted molar refractivity (Wildman–Crippen MR) is 326 cm³/mol. The molecule has 0 atom stereocenters. The first-order valence-corrected chi connectivity index (χ1v) is 29.0. The van der Waals surface area contributed by atoms with Gasteiger partial charge in [0, 0.05) is 38.8 Å². The number of nitrogens with zero attached hydrogens (tertiary/aromatic N) is 2. The Morgan fingerprint density at radius 2 is 0.908 bits per heavy atom. The second kappa shape index (κ2) is 14.6. The van der Waals surface area contributed by atoms with Gasteiger partial charge < -0.3 is 9.38 Å². The Hall–Kier alpha value is -6.32. The highest BCUT2D eigenvalue weighted by Crippen LogP contribution is 2.57. The zero-order valence-electron chi connectivity index (χ0n) is 47.8. The predicted octanol–water partition coefficient (Wildman–Crippen LogP) is 18.2. The Morgan fingerprint density at radius 1 is 0.382 bits per heavy atom. The highest BCUT2D eigenvalue weighted by atomic mass is 15.1. The maximum atomic E-state index is 2.88. The van der Waals surface area contributed by atoms with Crippen molar-refractivity contribution in [3.63, 3.8) is 0 Å². The molecular weight excluding hydrogens is 916 g/mol. The van der Waals surface area contributed by atoms with Crippen molar-refractivity contribution in [2.75, 3.05) is 4.81 Å². The van der Waals surface area contributed by atoms with Crippen LogP contribution in [0, 0.1) is 0 Å². The van der Waals surface area contributed by atoms with Crippen molar-refractivity contribution in [1.82, 2.24) is 4.57 Å². The highest BCUT2D eigenvalue weighted by Gasteiger charge is 2.50. The first kappa shape index (κ1) is 46.9. The second-order valence-electron chi connectivity index (χ2n) is 29.3. The summed E-state index contributed by atoms with van der Waals surface area (Å²) in [5.41, 5.74) is 29.8. The maximum absolute atomic E-state index is 2.88. The van der Waals surface area contributed by atoms with Gasteiger partial charge >= 0.3 is 6.85 Å². The Balaban J connectivity index is 1.15. The van der Waals surface area contributed by atoms with E-state index in [1.165, 1.54) is 177 Å². The molecule has 1 aromatic heterocycles. The smallest absolute Gasteiger partial charge is 0.333 e. The van der Waals surface area contributed by atoms with Crippen LogP contribution in [-0.4, -0.2) is 11.4 Å². The fraction of sp³-hybridized carbons (Fsp3) is 0.370. The third-order valence-electron chi connectivity index (χ3n) is 21.5. The van der Waals surface area contributed by atoms with Crippen molar-refractivity contribution in [3.8, 4) is 39.1 Å². The van der Waals surface area contributed by atoms with Crippen LogP contribution in [0.1, 0.15) is 180 Å². The van der Waals surface area contributed by atoms with E-state index in [4.69, 9.17) is 0 Å². The van der Waals surface area contributed by atoms with E-state index in [1.807, 2.05) is 0 Å². The normalized spacial score (nSPS) is 20.6. The number of hydrogen-bond acceptors (Lipinski definition) is 1. The molecular formula is C73H75BN2. The van der Waals surface area contributed by atoms with Gasteiger partial charge in [0.15, 0.2) is 0 Å². The third kappa shape index (κ3) is 6.07. The van der Waals surface area contributed by atoms with Crippen LogP contribution in [0.25, 0.3) is 71.6 Å². The number of fused-ring (bicyclic) bond motifs is 15. The molecule has 3 heterocycles. The quantitative estimate of drug-likeness (QED) is 0.157. The molecule has 0 N–H and O–H groups in total. The van der Waals surface area contributed by atoms with E-state index in [-0.39, 0.29) is 44.8 Å². The summed E-state index contributed by atoms with van der Waals surface area (Å²) in [4.78, 5) is 2.88. The van der Waals surface area contributed by atoms with Gasteiger partial charge in [-0.05, 0) is 220 Å². The standard InChI is InChI=1S/C73H75BN2/c1-67(2)27-28-68(3,4)55-36-45(24-26-54(55)67)76-62-40-58-56(69(5,6)29-31-71(58,9)10)38-49(62)50-37-47(44-23-25-53-48(34-44)46-21-17-18-22-52(46)73(53,13)14)64-51-33-42-19-15-16-20-43(42)35-61(51)75-63-41-59-57(70(7,8)30-32-72(59,11)12)39-60(63)74(76)65(50)66(64)75/h15-26,33-41H,27-32H2,1-14H3. The fourth-order valence-electron chi connectivity index (χ4n) is 16.4. The zero-order chi connectivity index (χ0) is 52.8. The molecule has 4 aliphatic carbocycles. The van der Waals surface area contributed by atoms with E-state index in [9.17, 15) is 0 Å². The van der Waals surface area contributed by atoms with Gasteiger partial charge in [0.05, 0.1) is 11.0 Å². The van der Waals surface area contributed by atoms with Gasteiger partial charge in [-0.25, -0.2) is 0 Å². The lowest BCUT2D eigenvalue weighted by Crippen LogP contribution is -2.61. The molecule has 0 unspecified atom stereocenters. The number of anilines is 2. The van der Waals surface area contributed by atoms with Crippen LogP contribution in [0.3, 0.4) is 0 Å². The zero-order valence-corrected chi connectivity index (χ0v) is 47.8. The van der Waals surface area contributed by atoms with Crippen LogP contribution in [-0.2, 0) is 37.9 Å². The van der Waals surface area contributed by atoms with Gasteiger partial charge in [0.2, 0.25) is 0 Å². The van der Waals surface area contributed by atoms with Crippen molar-refractivity contribution < 1.29 is 0 Å². The average Bonchev–Trinajstić information content (AvgIpc) is 4.04. The first-order valence-electron chi connectivity index (χ1n) is 29.0. The lowest BCUT2D eigenvalue weighted by molar-refractivity contribution is 0.332. The molecule has 15 rings (SSSR count). The van der Waals surface area contributed by atoms with Crippen molar-refractivity contribution >= 4 is 61.7 Å². The van der Waals surface area contributed by atoms with Crippen LogP contribution in [0.15, 0.2) is 127 Å². The number of rotatable bonds is 2. The van der Waals surface area contributed by atoms with E-state index in [2.05, 4.69) is 234 Å².